The number of phenolic OH excluding ortho intramolecular Hbond substituents is 1. The summed E-state index contributed by atoms with van der Waals surface area (Å²) in [6, 6.07) is 15.2. The van der Waals surface area contributed by atoms with Crippen molar-refractivity contribution in [3.8, 4) is 5.75 Å². The fourth-order valence-corrected chi connectivity index (χ4v) is 2.37. The lowest BCUT2D eigenvalue weighted by atomic mass is 10.1. The van der Waals surface area contributed by atoms with Crippen LogP contribution >= 0.6 is 0 Å². The van der Waals surface area contributed by atoms with Gasteiger partial charge in [-0.2, -0.15) is 0 Å². The molecule has 0 fully saturated rings. The largest absolute Gasteiger partial charge is 0.507 e. The Morgan fingerprint density at radius 1 is 0.875 bits per heavy atom. The number of phenols is 1. The van der Waals surface area contributed by atoms with Crippen LogP contribution in [0.25, 0.3) is 10.8 Å². The van der Waals surface area contributed by atoms with Gasteiger partial charge in [0.15, 0.2) is 0 Å². The highest BCUT2D eigenvalue weighted by Crippen LogP contribution is 2.29. The van der Waals surface area contributed by atoms with E-state index in [4.69, 9.17) is 0 Å². The number of benzene rings is 2. The van der Waals surface area contributed by atoms with Crippen molar-refractivity contribution >= 4 is 34.1 Å². The minimum absolute atomic E-state index is 0.108. The van der Waals surface area contributed by atoms with Crippen LogP contribution in [0.5, 0.6) is 5.75 Å². The molecule has 3 aromatic rings. The van der Waals surface area contributed by atoms with Crippen LogP contribution < -0.4 is 10.6 Å². The highest BCUT2D eigenvalue weighted by atomic mass is 16.3. The third-order valence-electron chi connectivity index (χ3n) is 3.48. The quantitative estimate of drug-likeness (QED) is 0.633. The molecular formula is C18H15N3O3. The summed E-state index contributed by atoms with van der Waals surface area (Å²) < 4.78 is 0. The van der Waals surface area contributed by atoms with Gasteiger partial charge in [-0.15, -0.1) is 0 Å². The highest BCUT2D eigenvalue weighted by Gasteiger charge is 2.16. The molecule has 0 spiro atoms. The second-order valence-corrected chi connectivity index (χ2v) is 5.25. The number of carbonyl (C=O) groups is 2. The summed E-state index contributed by atoms with van der Waals surface area (Å²) >= 11 is 0. The molecule has 6 heteroatoms. The molecule has 0 aliphatic carbocycles. The number of aryl methyl sites for hydroxylation is 1. The zero-order valence-electron chi connectivity index (χ0n) is 12.9. The Balaban J connectivity index is 1.80. The lowest BCUT2D eigenvalue weighted by Gasteiger charge is -2.09. The number of anilines is 2. The number of aromatic nitrogens is 1. The van der Waals surface area contributed by atoms with E-state index in [1.165, 1.54) is 0 Å². The second-order valence-electron chi connectivity index (χ2n) is 5.25. The molecule has 0 saturated heterocycles. The van der Waals surface area contributed by atoms with Crippen LogP contribution in [0, 0.1) is 6.92 Å². The van der Waals surface area contributed by atoms with Crippen LogP contribution in [0.3, 0.4) is 0 Å². The van der Waals surface area contributed by atoms with Crippen molar-refractivity contribution in [1.82, 2.24) is 4.98 Å². The Kier molecular flexibility index (Phi) is 4.11. The summed E-state index contributed by atoms with van der Waals surface area (Å²) in [6.45, 7) is 1.79. The van der Waals surface area contributed by atoms with Gasteiger partial charge in [0.1, 0.15) is 11.6 Å². The molecule has 3 rings (SSSR count). The Morgan fingerprint density at radius 3 is 2.33 bits per heavy atom. The number of carbonyl (C=O) groups excluding carboxylic acids is 2. The third-order valence-corrected chi connectivity index (χ3v) is 3.48. The summed E-state index contributed by atoms with van der Waals surface area (Å²) in [5.41, 5.74) is 1.18. The van der Waals surface area contributed by atoms with Gasteiger partial charge in [0, 0.05) is 22.2 Å². The Bertz CT molecular complexity index is 938. The molecule has 0 aliphatic rings. The van der Waals surface area contributed by atoms with Crippen molar-refractivity contribution in [3.63, 3.8) is 0 Å². The Morgan fingerprint density at radius 2 is 1.54 bits per heavy atom. The first-order valence-corrected chi connectivity index (χ1v) is 7.31. The van der Waals surface area contributed by atoms with E-state index in [0.717, 1.165) is 5.69 Å². The van der Waals surface area contributed by atoms with E-state index < -0.39 is 11.8 Å². The zero-order valence-corrected chi connectivity index (χ0v) is 12.9. The van der Waals surface area contributed by atoms with Crippen molar-refractivity contribution in [2.75, 3.05) is 10.6 Å². The molecule has 6 nitrogen and oxygen atoms in total. The van der Waals surface area contributed by atoms with Crippen LogP contribution in [0.4, 0.5) is 11.5 Å². The number of nitrogens with zero attached hydrogens (tertiary/aromatic N) is 1. The first-order chi connectivity index (χ1) is 11.5. The fraction of sp³-hybridized carbons (Fsp3) is 0.0556. The molecule has 1 heterocycles. The number of aromatic hydroxyl groups is 1. The van der Waals surface area contributed by atoms with E-state index in [9.17, 15) is 14.7 Å². The average molecular weight is 321 g/mol. The minimum atomic E-state index is -0.815. The van der Waals surface area contributed by atoms with Gasteiger partial charge in [0.05, 0.1) is 0 Å². The molecule has 0 bridgehead atoms. The monoisotopic (exact) mass is 321 g/mol. The van der Waals surface area contributed by atoms with Gasteiger partial charge in [0.2, 0.25) is 0 Å². The van der Waals surface area contributed by atoms with Gasteiger partial charge >= 0.3 is 11.8 Å². The lowest BCUT2D eigenvalue weighted by Crippen LogP contribution is -2.29. The van der Waals surface area contributed by atoms with E-state index in [0.29, 0.717) is 22.3 Å². The van der Waals surface area contributed by atoms with Crippen molar-refractivity contribution < 1.29 is 14.7 Å². The molecule has 0 aliphatic heterocycles. The fourth-order valence-electron chi connectivity index (χ4n) is 2.37. The van der Waals surface area contributed by atoms with Crippen LogP contribution in [0.2, 0.25) is 0 Å². The maximum atomic E-state index is 12.1. The molecule has 0 saturated carbocycles. The topological polar surface area (TPSA) is 91.3 Å². The molecule has 0 atom stereocenters. The standard InChI is InChI=1S/C18H15N3O3/c1-11-5-2-10-16(19-11)21-18(24)17(23)20-14-8-3-7-13-12(14)6-4-9-15(13)22/h2-10,22H,1H3,(H,20,23)(H,19,21,24). The second kappa shape index (κ2) is 6.37. The first kappa shape index (κ1) is 15.5. The molecule has 0 radical (unpaired) electrons. The van der Waals surface area contributed by atoms with Crippen molar-refractivity contribution in [2.45, 2.75) is 6.92 Å². The molecule has 2 amide bonds. The van der Waals surface area contributed by atoms with Gasteiger partial charge < -0.3 is 15.7 Å². The smallest absolute Gasteiger partial charge is 0.315 e. The summed E-state index contributed by atoms with van der Waals surface area (Å²) in [5.74, 6) is -1.21. The maximum absolute atomic E-state index is 12.1. The normalized spacial score (nSPS) is 10.4. The van der Waals surface area contributed by atoms with Crippen LogP contribution in [-0.2, 0) is 9.59 Å². The SMILES string of the molecule is Cc1cccc(NC(=O)C(=O)Nc2cccc3c(O)cccc23)n1. The van der Waals surface area contributed by atoms with Crippen LogP contribution in [-0.4, -0.2) is 21.9 Å². The van der Waals surface area contributed by atoms with Crippen molar-refractivity contribution in [3.05, 3.63) is 60.3 Å². The predicted molar refractivity (Wildman–Crippen MR) is 91.8 cm³/mol. The summed E-state index contributed by atoms with van der Waals surface area (Å²) in [7, 11) is 0. The number of fused-ring (bicyclic) bond motifs is 1. The van der Waals surface area contributed by atoms with Crippen molar-refractivity contribution in [2.24, 2.45) is 0 Å². The first-order valence-electron chi connectivity index (χ1n) is 7.31. The number of hydrogen-bond donors (Lipinski definition) is 3. The van der Waals surface area contributed by atoms with Gasteiger partial charge in [-0.1, -0.05) is 30.3 Å². The molecule has 0 unspecified atom stereocenters. The van der Waals surface area contributed by atoms with Gasteiger partial charge in [-0.3, -0.25) is 9.59 Å². The van der Waals surface area contributed by atoms with E-state index in [2.05, 4.69) is 15.6 Å². The minimum Gasteiger partial charge on any atom is -0.507 e. The number of pyridine rings is 1. The maximum Gasteiger partial charge on any atom is 0.315 e. The van der Waals surface area contributed by atoms with Crippen molar-refractivity contribution in [1.29, 1.82) is 0 Å². The molecule has 2 aromatic carbocycles. The number of amides is 2. The van der Waals surface area contributed by atoms with Crippen LogP contribution in [0.15, 0.2) is 54.6 Å². The predicted octanol–water partition coefficient (Wildman–Crippen LogP) is 2.83. The van der Waals surface area contributed by atoms with Crippen LogP contribution in [0.1, 0.15) is 5.69 Å². The summed E-state index contributed by atoms with van der Waals surface area (Å²) in [6.07, 6.45) is 0. The number of nitrogens with one attached hydrogen (secondary N) is 2. The molecule has 3 N–H and O–H groups in total. The molecule has 120 valence electrons. The highest BCUT2D eigenvalue weighted by molar-refractivity contribution is 6.44. The summed E-state index contributed by atoms with van der Waals surface area (Å²) in [4.78, 5) is 28.3. The van der Waals surface area contributed by atoms with E-state index >= 15 is 0 Å². The number of rotatable bonds is 2. The Labute approximate surface area is 138 Å². The summed E-state index contributed by atoms with van der Waals surface area (Å²) in [5, 5.41) is 16.1. The van der Waals surface area contributed by atoms with Gasteiger partial charge in [-0.25, -0.2) is 4.98 Å². The molecular weight excluding hydrogens is 306 g/mol. The van der Waals surface area contributed by atoms with E-state index in [-0.39, 0.29) is 5.75 Å². The third kappa shape index (κ3) is 3.17. The Hall–Kier alpha value is -3.41. The van der Waals surface area contributed by atoms with E-state index in [1.807, 2.05) is 0 Å². The molecule has 1 aromatic heterocycles. The zero-order chi connectivity index (χ0) is 17.1. The number of hydrogen-bond acceptors (Lipinski definition) is 4. The molecule has 24 heavy (non-hydrogen) atoms. The average Bonchev–Trinajstić information content (AvgIpc) is 2.56. The van der Waals surface area contributed by atoms with E-state index in [1.54, 1.807) is 61.5 Å². The van der Waals surface area contributed by atoms with Gasteiger partial charge in [-0.05, 0) is 31.2 Å². The van der Waals surface area contributed by atoms with Gasteiger partial charge in [0.25, 0.3) is 0 Å². The lowest BCUT2D eigenvalue weighted by molar-refractivity contribution is -0.133.